The molecule has 2 aromatic rings. The first-order valence-corrected chi connectivity index (χ1v) is 8.36. The maximum absolute atomic E-state index is 12.5. The van der Waals surface area contributed by atoms with Crippen molar-refractivity contribution in [2.45, 2.75) is 24.0 Å². The van der Waals surface area contributed by atoms with Crippen molar-refractivity contribution < 1.29 is 14.4 Å². The highest BCUT2D eigenvalue weighted by molar-refractivity contribution is 8.00. The Labute approximate surface area is 143 Å². The lowest BCUT2D eigenvalue weighted by atomic mass is 10.1. The second-order valence-electron chi connectivity index (χ2n) is 5.52. The van der Waals surface area contributed by atoms with Gasteiger partial charge in [0.2, 0.25) is 5.91 Å². The number of carbonyl (C=O) groups excluding carboxylic acids is 3. The summed E-state index contributed by atoms with van der Waals surface area (Å²) in [7, 11) is 0. The van der Waals surface area contributed by atoms with E-state index in [2.05, 4.69) is 10.6 Å². The molecule has 0 unspecified atom stereocenters. The zero-order valence-electron chi connectivity index (χ0n) is 13.3. The average molecular weight is 340 g/mol. The third-order valence-corrected chi connectivity index (χ3v) is 4.90. The van der Waals surface area contributed by atoms with Crippen molar-refractivity contribution in [3.8, 4) is 0 Å². The molecule has 122 valence electrons. The minimum absolute atomic E-state index is 0.0769. The molecule has 1 atom stereocenters. The van der Waals surface area contributed by atoms with Gasteiger partial charge >= 0.3 is 0 Å². The third-order valence-electron chi connectivity index (χ3n) is 3.73. The van der Waals surface area contributed by atoms with Gasteiger partial charge in [0, 0.05) is 16.0 Å². The van der Waals surface area contributed by atoms with Crippen LogP contribution in [0.4, 0.5) is 11.4 Å². The summed E-state index contributed by atoms with van der Waals surface area (Å²) in [5.41, 5.74) is 1.99. The maximum Gasteiger partial charge on any atom is 0.255 e. The number of ketones is 1. The van der Waals surface area contributed by atoms with Crippen LogP contribution in [0.25, 0.3) is 0 Å². The van der Waals surface area contributed by atoms with Crippen molar-refractivity contribution in [2.75, 3.05) is 10.6 Å². The summed E-state index contributed by atoms with van der Waals surface area (Å²) in [6.45, 7) is 3.29. The van der Waals surface area contributed by atoms with Gasteiger partial charge in [-0.2, -0.15) is 0 Å². The van der Waals surface area contributed by atoms with E-state index < -0.39 is 0 Å². The van der Waals surface area contributed by atoms with Gasteiger partial charge in [0.25, 0.3) is 5.91 Å². The molecule has 0 aliphatic carbocycles. The number of carbonyl (C=O) groups is 3. The topological polar surface area (TPSA) is 75.3 Å². The highest BCUT2D eigenvalue weighted by Gasteiger charge is 2.24. The van der Waals surface area contributed by atoms with E-state index >= 15 is 0 Å². The van der Waals surface area contributed by atoms with Gasteiger partial charge in [-0.1, -0.05) is 12.1 Å². The molecule has 5 nitrogen and oxygen atoms in total. The molecule has 6 heteroatoms. The Kier molecular flexibility index (Phi) is 4.40. The Morgan fingerprint density at radius 1 is 1.17 bits per heavy atom. The molecule has 2 amide bonds. The molecule has 3 rings (SSSR count). The lowest BCUT2D eigenvalue weighted by Crippen LogP contribution is -2.26. The van der Waals surface area contributed by atoms with Crippen LogP contribution in [0.2, 0.25) is 0 Å². The van der Waals surface area contributed by atoms with E-state index in [0.29, 0.717) is 22.5 Å². The Hall–Kier alpha value is -2.60. The maximum atomic E-state index is 12.5. The van der Waals surface area contributed by atoms with Crippen LogP contribution in [0.3, 0.4) is 0 Å². The zero-order valence-corrected chi connectivity index (χ0v) is 14.1. The number of amides is 2. The van der Waals surface area contributed by atoms with E-state index in [4.69, 9.17) is 0 Å². The number of hydrogen-bond acceptors (Lipinski definition) is 4. The van der Waals surface area contributed by atoms with Gasteiger partial charge in [-0.15, -0.1) is 11.8 Å². The van der Waals surface area contributed by atoms with Crippen LogP contribution in [0.1, 0.15) is 34.6 Å². The molecule has 24 heavy (non-hydrogen) atoms. The summed E-state index contributed by atoms with van der Waals surface area (Å²) in [5, 5.41) is 5.41. The van der Waals surface area contributed by atoms with Crippen LogP contribution < -0.4 is 10.6 Å². The van der Waals surface area contributed by atoms with Gasteiger partial charge in [0.1, 0.15) is 0 Å². The van der Waals surface area contributed by atoms with Gasteiger partial charge in [0.15, 0.2) is 5.78 Å². The molecule has 0 spiro atoms. The lowest BCUT2D eigenvalue weighted by Gasteiger charge is -2.21. The molecule has 1 aliphatic rings. The Morgan fingerprint density at radius 2 is 1.92 bits per heavy atom. The largest absolute Gasteiger partial charge is 0.324 e. The summed E-state index contributed by atoms with van der Waals surface area (Å²) >= 11 is 1.46. The second kappa shape index (κ2) is 6.49. The molecule has 0 saturated heterocycles. The van der Waals surface area contributed by atoms with Crippen LogP contribution in [-0.2, 0) is 4.79 Å². The molecule has 0 saturated carbocycles. The SMILES string of the molecule is CC(=O)c1ccccc1NC(=O)c1ccc2c(c1)NC(=O)[C@@H](C)S2. The van der Waals surface area contributed by atoms with Crippen molar-refractivity contribution in [3.05, 3.63) is 53.6 Å². The summed E-state index contributed by atoms with van der Waals surface area (Å²) in [4.78, 5) is 36.8. The monoisotopic (exact) mass is 340 g/mol. The summed E-state index contributed by atoms with van der Waals surface area (Å²) in [6, 6.07) is 12.0. The van der Waals surface area contributed by atoms with E-state index in [9.17, 15) is 14.4 Å². The zero-order chi connectivity index (χ0) is 17.3. The summed E-state index contributed by atoms with van der Waals surface area (Å²) in [5.74, 6) is -0.523. The first-order chi connectivity index (χ1) is 11.5. The highest BCUT2D eigenvalue weighted by Crippen LogP contribution is 2.36. The van der Waals surface area contributed by atoms with Crippen LogP contribution in [0.5, 0.6) is 0 Å². The first-order valence-electron chi connectivity index (χ1n) is 7.48. The van der Waals surface area contributed by atoms with Crippen molar-refractivity contribution in [1.29, 1.82) is 0 Å². The fraction of sp³-hybridized carbons (Fsp3) is 0.167. The number of hydrogen-bond donors (Lipinski definition) is 2. The van der Waals surface area contributed by atoms with Gasteiger partial charge in [0.05, 0.1) is 16.6 Å². The minimum Gasteiger partial charge on any atom is -0.324 e. The molecule has 0 fully saturated rings. The van der Waals surface area contributed by atoms with Crippen LogP contribution in [-0.4, -0.2) is 22.8 Å². The predicted octanol–water partition coefficient (Wildman–Crippen LogP) is 3.57. The van der Waals surface area contributed by atoms with Crippen LogP contribution in [0.15, 0.2) is 47.4 Å². The molecule has 1 aliphatic heterocycles. The lowest BCUT2D eigenvalue weighted by molar-refractivity contribution is -0.115. The molecule has 2 aromatic carbocycles. The van der Waals surface area contributed by atoms with Crippen LogP contribution >= 0.6 is 11.8 Å². The van der Waals surface area contributed by atoms with E-state index in [-0.39, 0.29) is 22.8 Å². The second-order valence-corrected chi connectivity index (χ2v) is 6.90. The number of thioether (sulfide) groups is 1. The average Bonchev–Trinajstić information content (AvgIpc) is 2.55. The molecule has 2 N–H and O–H groups in total. The number of nitrogens with one attached hydrogen (secondary N) is 2. The number of rotatable bonds is 3. The van der Waals surface area contributed by atoms with Gasteiger partial charge in [-0.3, -0.25) is 14.4 Å². The van der Waals surface area contributed by atoms with Gasteiger partial charge in [-0.05, 0) is 44.2 Å². The number of anilines is 2. The molecular formula is C18H16N2O3S. The molecule has 0 bridgehead atoms. The van der Waals surface area contributed by atoms with E-state index in [0.717, 1.165) is 4.90 Å². The fourth-order valence-corrected chi connectivity index (χ4v) is 3.37. The van der Waals surface area contributed by atoms with E-state index in [1.54, 1.807) is 36.4 Å². The van der Waals surface area contributed by atoms with E-state index in [1.807, 2.05) is 13.0 Å². The fourth-order valence-electron chi connectivity index (χ4n) is 2.44. The number of Topliss-reactive ketones (excluding diaryl/α,β-unsaturated/α-hetero) is 1. The van der Waals surface area contributed by atoms with Gasteiger partial charge < -0.3 is 10.6 Å². The van der Waals surface area contributed by atoms with Crippen LogP contribution in [0, 0.1) is 0 Å². The Balaban J connectivity index is 1.86. The first kappa shape index (κ1) is 16.3. The van der Waals surface area contributed by atoms with Crippen molar-refractivity contribution in [3.63, 3.8) is 0 Å². The number of para-hydroxylation sites is 1. The minimum atomic E-state index is -0.329. The normalized spacial score (nSPS) is 16.1. The van der Waals surface area contributed by atoms with E-state index in [1.165, 1.54) is 18.7 Å². The smallest absolute Gasteiger partial charge is 0.255 e. The molecule has 1 heterocycles. The summed E-state index contributed by atoms with van der Waals surface area (Å²) in [6.07, 6.45) is 0. The molecule has 0 aromatic heterocycles. The number of benzene rings is 2. The van der Waals surface area contributed by atoms with Gasteiger partial charge in [-0.25, -0.2) is 0 Å². The predicted molar refractivity (Wildman–Crippen MR) is 94.8 cm³/mol. The Bertz CT molecular complexity index is 848. The number of fused-ring (bicyclic) bond motifs is 1. The van der Waals surface area contributed by atoms with Crippen molar-refractivity contribution >= 4 is 40.7 Å². The summed E-state index contributed by atoms with van der Waals surface area (Å²) < 4.78 is 0. The molecule has 0 radical (unpaired) electrons. The van der Waals surface area contributed by atoms with Crippen molar-refractivity contribution in [1.82, 2.24) is 0 Å². The third kappa shape index (κ3) is 3.19. The molecular weight excluding hydrogens is 324 g/mol. The van der Waals surface area contributed by atoms with Crippen molar-refractivity contribution in [2.24, 2.45) is 0 Å². The quantitative estimate of drug-likeness (QED) is 0.838. The highest BCUT2D eigenvalue weighted by atomic mass is 32.2. The Morgan fingerprint density at radius 3 is 2.67 bits per heavy atom. The standard InChI is InChI=1S/C18H16N2O3S/c1-10(21)13-5-3-4-6-14(13)19-18(23)12-7-8-16-15(9-12)20-17(22)11(2)24-16/h3-9,11H,1-2H3,(H,19,23)(H,20,22)/t11-/m1/s1.